The molecule has 3 heterocycles. The van der Waals surface area contributed by atoms with Crippen LogP contribution in [0.3, 0.4) is 0 Å². The molecule has 1 aliphatic heterocycles. The Morgan fingerprint density at radius 3 is 2.37 bits per heavy atom. The SMILES string of the molecule is C/C=C/CC/C=C/CCC(=O)SCCNC(=O)CCNC(=O)C(O)C(C)(C)COP(=O)(O)OP(=O)(O)OCC1OC(n2cnc3c(N)ncnc32)C(O)C1OP(=O)(O)O. The van der Waals surface area contributed by atoms with Crippen molar-refractivity contribution in [3.05, 3.63) is 37.0 Å². The molecule has 1 saturated heterocycles. The number of imidazole rings is 1. The number of carbonyl (C=O) groups excluding carboxylic acids is 3. The maximum Gasteiger partial charge on any atom is 0.481 e. The van der Waals surface area contributed by atoms with Crippen LogP contribution in [-0.4, -0.2) is 123 Å². The fourth-order valence-electron chi connectivity index (χ4n) is 5.16. The van der Waals surface area contributed by atoms with Gasteiger partial charge < -0.3 is 50.9 Å². The molecule has 1 aliphatic rings. The van der Waals surface area contributed by atoms with E-state index in [4.69, 9.17) is 19.5 Å². The first-order chi connectivity index (χ1) is 27.6. The summed E-state index contributed by atoms with van der Waals surface area (Å²) in [7, 11) is -16.4. The van der Waals surface area contributed by atoms with Crippen LogP contribution in [0.15, 0.2) is 37.0 Å². The number of aliphatic hydroxyl groups is 2. The monoisotopic (exact) mass is 917 g/mol. The summed E-state index contributed by atoms with van der Waals surface area (Å²) in [6, 6.07) is 0. The van der Waals surface area contributed by atoms with E-state index in [9.17, 15) is 57.9 Å². The summed E-state index contributed by atoms with van der Waals surface area (Å²) in [5.74, 6) is -1.09. The lowest BCUT2D eigenvalue weighted by Gasteiger charge is -2.30. The van der Waals surface area contributed by atoms with E-state index in [-0.39, 0.29) is 41.6 Å². The van der Waals surface area contributed by atoms with Crippen molar-refractivity contribution in [1.29, 1.82) is 0 Å². The lowest BCUT2D eigenvalue weighted by atomic mass is 9.87. The van der Waals surface area contributed by atoms with Crippen LogP contribution in [-0.2, 0) is 50.7 Å². The van der Waals surface area contributed by atoms with Gasteiger partial charge in [0, 0.05) is 37.1 Å². The minimum absolute atomic E-state index is 0.00529. The topological polar surface area (TPSA) is 364 Å². The van der Waals surface area contributed by atoms with Crippen LogP contribution in [0.1, 0.15) is 59.1 Å². The van der Waals surface area contributed by atoms with Gasteiger partial charge in [-0.3, -0.25) is 32.5 Å². The van der Waals surface area contributed by atoms with Crippen molar-refractivity contribution in [2.45, 2.75) is 83.5 Å². The number of nitrogens with one attached hydrogen (secondary N) is 2. The summed E-state index contributed by atoms with van der Waals surface area (Å²) in [5, 5.41) is 26.4. The van der Waals surface area contributed by atoms with Gasteiger partial charge >= 0.3 is 23.5 Å². The zero-order valence-electron chi connectivity index (χ0n) is 32.2. The lowest BCUT2D eigenvalue weighted by Crippen LogP contribution is -2.46. The predicted molar refractivity (Wildman–Crippen MR) is 210 cm³/mol. The smallest absolute Gasteiger partial charge is 0.386 e. The number of rotatable bonds is 25. The molecule has 332 valence electrons. The maximum atomic E-state index is 12.7. The Hall–Kier alpha value is -2.96. The van der Waals surface area contributed by atoms with Gasteiger partial charge in [-0.15, -0.1) is 0 Å². The molecule has 1 fully saturated rings. The number of carbonyl (C=O) groups is 3. The molecular weight excluding hydrogens is 867 g/mol. The third-order valence-corrected chi connectivity index (χ3v) is 12.2. The van der Waals surface area contributed by atoms with Gasteiger partial charge in [0.05, 0.1) is 19.5 Å². The van der Waals surface area contributed by atoms with Gasteiger partial charge in [-0.2, -0.15) is 4.31 Å². The van der Waals surface area contributed by atoms with Crippen LogP contribution in [0.2, 0.25) is 0 Å². The summed E-state index contributed by atoms with van der Waals surface area (Å²) in [6.45, 7) is 2.46. The molecule has 2 aromatic rings. The predicted octanol–water partition coefficient (Wildman–Crippen LogP) is 1.36. The summed E-state index contributed by atoms with van der Waals surface area (Å²) in [4.78, 5) is 87.7. The molecule has 28 heteroatoms. The number of amides is 2. The summed E-state index contributed by atoms with van der Waals surface area (Å²) in [5.41, 5.74) is 4.27. The number of nitrogen functional groups attached to an aromatic ring is 1. The largest absolute Gasteiger partial charge is 0.481 e. The molecule has 0 aliphatic carbocycles. The van der Waals surface area contributed by atoms with Crippen LogP contribution in [0, 0.1) is 5.41 Å². The Labute approximate surface area is 342 Å². The number of phosphoric ester groups is 3. The first-order valence-corrected chi connectivity index (χ1v) is 23.4. The number of fused-ring (bicyclic) bond motifs is 1. The molecule has 59 heavy (non-hydrogen) atoms. The molecule has 7 atom stereocenters. The molecule has 0 spiro atoms. The number of thioether (sulfide) groups is 1. The number of allylic oxidation sites excluding steroid dienone is 4. The van der Waals surface area contributed by atoms with Crippen LogP contribution >= 0.6 is 35.2 Å². The number of hydrogen-bond acceptors (Lipinski definition) is 18. The van der Waals surface area contributed by atoms with Gasteiger partial charge in [-0.25, -0.2) is 28.6 Å². The van der Waals surface area contributed by atoms with Gasteiger partial charge in [0.2, 0.25) is 11.8 Å². The molecule has 2 aromatic heterocycles. The zero-order chi connectivity index (χ0) is 44.0. The molecule has 10 N–H and O–H groups in total. The molecular formula is C31H50N7O17P3S. The molecule has 0 bridgehead atoms. The Morgan fingerprint density at radius 1 is 1.00 bits per heavy atom. The average molecular weight is 918 g/mol. The van der Waals surface area contributed by atoms with Crippen LogP contribution in [0.5, 0.6) is 0 Å². The van der Waals surface area contributed by atoms with Crippen molar-refractivity contribution in [1.82, 2.24) is 30.2 Å². The molecule has 0 saturated carbocycles. The molecule has 2 amide bonds. The average Bonchev–Trinajstić information content (AvgIpc) is 3.71. The zero-order valence-corrected chi connectivity index (χ0v) is 35.7. The van der Waals surface area contributed by atoms with Gasteiger partial charge in [0.15, 0.2) is 22.8 Å². The minimum atomic E-state index is -5.57. The number of anilines is 1. The normalized spacial score (nSPS) is 21.4. The van der Waals surface area contributed by atoms with E-state index < -0.39 is 84.6 Å². The first-order valence-electron chi connectivity index (χ1n) is 17.9. The third kappa shape index (κ3) is 16.8. The highest BCUT2D eigenvalue weighted by Crippen LogP contribution is 2.61. The van der Waals surface area contributed by atoms with E-state index in [1.54, 1.807) is 0 Å². The van der Waals surface area contributed by atoms with Gasteiger partial charge in [0.25, 0.3) is 0 Å². The van der Waals surface area contributed by atoms with Crippen molar-refractivity contribution in [2.24, 2.45) is 5.41 Å². The minimum Gasteiger partial charge on any atom is -0.386 e. The quantitative estimate of drug-likeness (QED) is 0.0385. The van der Waals surface area contributed by atoms with Gasteiger partial charge in [-0.1, -0.05) is 49.9 Å². The highest BCUT2D eigenvalue weighted by molar-refractivity contribution is 8.13. The van der Waals surface area contributed by atoms with Crippen molar-refractivity contribution in [3.63, 3.8) is 0 Å². The number of aliphatic hydroxyl groups excluding tert-OH is 2. The Kier molecular flexibility index (Phi) is 19.4. The highest BCUT2D eigenvalue weighted by atomic mass is 32.2. The Bertz CT molecular complexity index is 1950. The highest BCUT2D eigenvalue weighted by Gasteiger charge is 2.50. The molecule has 7 unspecified atom stereocenters. The van der Waals surface area contributed by atoms with Crippen LogP contribution < -0.4 is 16.4 Å². The Morgan fingerprint density at radius 2 is 1.68 bits per heavy atom. The van der Waals surface area contributed by atoms with Crippen molar-refractivity contribution < 1.29 is 80.5 Å². The molecule has 0 aromatic carbocycles. The third-order valence-electron chi connectivity index (χ3n) is 8.18. The second-order valence-electron chi connectivity index (χ2n) is 13.4. The summed E-state index contributed by atoms with van der Waals surface area (Å²) < 4.78 is 62.2. The number of hydrogen-bond donors (Lipinski definition) is 9. The fourth-order valence-corrected chi connectivity index (χ4v) is 8.69. The number of unbranched alkanes of at least 4 members (excludes halogenated alkanes) is 1. The second kappa shape index (κ2) is 22.8. The van der Waals surface area contributed by atoms with E-state index in [1.807, 2.05) is 25.2 Å². The van der Waals surface area contributed by atoms with E-state index >= 15 is 0 Å². The van der Waals surface area contributed by atoms with Crippen molar-refractivity contribution in [3.8, 4) is 0 Å². The van der Waals surface area contributed by atoms with Crippen LogP contribution in [0.25, 0.3) is 11.2 Å². The van der Waals surface area contributed by atoms with E-state index in [0.717, 1.165) is 41.8 Å². The second-order valence-corrected chi connectivity index (χ2v) is 18.8. The standard InChI is InChI=1S/C31H50N7O17P3S/c1-4-5-6-7-8-9-10-11-22(40)59-15-14-33-21(39)12-13-34-29(43)26(42)31(2,3)17-52-58(49,50)55-57(47,48)51-16-20-25(54-56(44,45)46)24(41)30(53-20)38-19-37-23-27(32)35-18-36-28(23)38/h4-5,8-9,18-20,24-26,30,41-42H,6-7,10-17H2,1-3H3,(H,33,39)(H,34,43)(H,47,48)(H,49,50)(H2,32,35,36)(H2,44,45,46)/b5-4+,9-8+. The lowest BCUT2D eigenvalue weighted by molar-refractivity contribution is -0.137. The van der Waals surface area contributed by atoms with E-state index in [2.05, 4.69) is 40.5 Å². The molecule has 3 rings (SSSR count). The van der Waals surface area contributed by atoms with E-state index in [0.29, 0.717) is 18.6 Å². The van der Waals surface area contributed by atoms with Crippen molar-refractivity contribution in [2.75, 3.05) is 37.8 Å². The van der Waals surface area contributed by atoms with Gasteiger partial charge in [-0.05, 0) is 26.2 Å². The fraction of sp³-hybridized carbons (Fsp3) is 0.613. The molecule has 24 nitrogen and oxygen atoms in total. The number of aromatic nitrogens is 4. The Balaban J connectivity index is 1.43. The number of ether oxygens (including phenoxy) is 1. The summed E-state index contributed by atoms with van der Waals surface area (Å²) in [6.07, 6.45) is 3.97. The van der Waals surface area contributed by atoms with Gasteiger partial charge in [0.1, 0.15) is 36.3 Å². The summed E-state index contributed by atoms with van der Waals surface area (Å²) >= 11 is 1.10. The first kappa shape index (κ1) is 50.4. The number of nitrogens with zero attached hydrogens (tertiary/aromatic N) is 4. The maximum absolute atomic E-state index is 12.7. The van der Waals surface area contributed by atoms with Crippen molar-refractivity contribution >= 4 is 69.1 Å². The van der Waals surface area contributed by atoms with E-state index in [1.165, 1.54) is 13.8 Å². The number of phosphoric acid groups is 3. The molecule has 0 radical (unpaired) electrons. The number of nitrogens with two attached hydrogens (primary N) is 1. The van der Waals surface area contributed by atoms with Crippen LogP contribution in [0.4, 0.5) is 5.82 Å².